The number of aromatic carboxylic acids is 1. The number of aromatic nitrogens is 2. The van der Waals surface area contributed by atoms with Crippen LogP contribution in [0.2, 0.25) is 0 Å². The summed E-state index contributed by atoms with van der Waals surface area (Å²) in [6.45, 7) is 1.71. The van der Waals surface area contributed by atoms with Gasteiger partial charge in [-0.1, -0.05) is 16.1 Å². The summed E-state index contributed by atoms with van der Waals surface area (Å²) in [5, 5.41) is 68.0. The Labute approximate surface area is 226 Å². The first-order valence-corrected chi connectivity index (χ1v) is 12.0. The van der Waals surface area contributed by atoms with Gasteiger partial charge in [-0.15, -0.1) is 18.9 Å². The Bertz CT molecular complexity index is 1560. The number of carboxylic acid groups (broad SMARTS) is 1. The van der Waals surface area contributed by atoms with Crippen LogP contribution in [-0.2, 0) is 18.7 Å². The van der Waals surface area contributed by atoms with Crippen molar-refractivity contribution in [2.45, 2.75) is 16.7 Å². The lowest BCUT2D eigenvalue weighted by atomic mass is 10.1. The van der Waals surface area contributed by atoms with Gasteiger partial charge in [0.2, 0.25) is 11.6 Å². The van der Waals surface area contributed by atoms with Crippen molar-refractivity contribution in [1.82, 2.24) is 9.78 Å². The smallest absolute Gasteiger partial charge is 0.358 e. The van der Waals surface area contributed by atoms with Crippen LogP contribution in [0.3, 0.4) is 0 Å². The van der Waals surface area contributed by atoms with Crippen LogP contribution in [0, 0.1) is 6.92 Å². The fraction of sp³-hybridized carbons (Fsp3) is 0.0909. The van der Waals surface area contributed by atoms with Gasteiger partial charge in [-0.25, -0.2) is 15.3 Å². The maximum atomic E-state index is 12.0. The van der Waals surface area contributed by atoms with E-state index in [0.717, 1.165) is 4.68 Å². The van der Waals surface area contributed by atoms with Gasteiger partial charge >= 0.3 is 5.97 Å². The first-order valence-electron chi connectivity index (χ1n) is 10.5. The van der Waals surface area contributed by atoms with Crippen molar-refractivity contribution in [3.63, 3.8) is 0 Å². The molecule has 0 saturated carbocycles. The summed E-state index contributed by atoms with van der Waals surface area (Å²) in [6, 6.07) is 10.6. The number of aryl methyl sites for hydroxylation is 1. The largest absolute Gasteiger partial charge is 0.508 e. The average molecular weight is 579 g/mol. The molecular formula is C22H18N4O11S2. The molecule has 0 unspecified atom stereocenters. The van der Waals surface area contributed by atoms with Gasteiger partial charge < -0.3 is 20.1 Å². The number of azo groups is 1. The van der Waals surface area contributed by atoms with Crippen LogP contribution >= 0.6 is 24.1 Å². The van der Waals surface area contributed by atoms with Crippen molar-refractivity contribution in [2.24, 2.45) is 10.2 Å². The predicted molar refractivity (Wildman–Crippen MR) is 135 cm³/mol. The van der Waals surface area contributed by atoms with Crippen LogP contribution in [-0.4, -0.2) is 48.7 Å². The minimum atomic E-state index is -1.50. The number of methoxy groups -OCH3 is 1. The van der Waals surface area contributed by atoms with E-state index in [4.69, 9.17) is 15.3 Å². The Morgan fingerprint density at radius 3 is 2.44 bits per heavy atom. The number of hydrogen-bond donors (Lipinski definition) is 5. The van der Waals surface area contributed by atoms with E-state index in [1.807, 2.05) is 0 Å². The second kappa shape index (κ2) is 12.3. The van der Waals surface area contributed by atoms with Gasteiger partial charge in [0, 0.05) is 15.2 Å². The first kappa shape index (κ1) is 28.1. The molecule has 204 valence electrons. The molecule has 0 fully saturated rings. The Morgan fingerprint density at radius 2 is 1.74 bits per heavy atom. The van der Waals surface area contributed by atoms with E-state index in [2.05, 4.69) is 34.1 Å². The molecule has 0 bridgehead atoms. The monoisotopic (exact) mass is 578 g/mol. The fourth-order valence-electron chi connectivity index (χ4n) is 3.52. The molecule has 0 amide bonds. The topological polar surface area (TPSA) is 207 Å². The molecule has 0 aliphatic heterocycles. The van der Waals surface area contributed by atoms with E-state index in [0.29, 0.717) is 50.2 Å². The zero-order valence-electron chi connectivity index (χ0n) is 19.8. The quantitative estimate of drug-likeness (QED) is 0.0624. The van der Waals surface area contributed by atoms with Crippen molar-refractivity contribution < 1.29 is 54.1 Å². The van der Waals surface area contributed by atoms with Crippen molar-refractivity contribution >= 4 is 52.2 Å². The highest BCUT2D eigenvalue weighted by Crippen LogP contribution is 2.41. The van der Waals surface area contributed by atoms with Crippen molar-refractivity contribution in [2.75, 3.05) is 7.11 Å². The van der Waals surface area contributed by atoms with Gasteiger partial charge in [0.05, 0.1) is 36.9 Å². The Balaban J connectivity index is 1.84. The van der Waals surface area contributed by atoms with E-state index in [9.17, 15) is 20.1 Å². The molecule has 1 heterocycles. The summed E-state index contributed by atoms with van der Waals surface area (Å²) in [4.78, 5) is 12.9. The van der Waals surface area contributed by atoms with Gasteiger partial charge in [0.25, 0.3) is 0 Å². The number of phenolic OH excluding ortho intramolecular Hbond substituents is 1. The third-order valence-corrected chi connectivity index (χ3v) is 6.51. The molecule has 0 spiro atoms. The van der Waals surface area contributed by atoms with Crippen molar-refractivity contribution in [3.8, 4) is 23.1 Å². The number of phenols is 1. The van der Waals surface area contributed by atoms with Crippen LogP contribution in [0.15, 0.2) is 62.5 Å². The summed E-state index contributed by atoms with van der Waals surface area (Å²) in [5.41, 5.74) is -0.120. The van der Waals surface area contributed by atoms with Crippen LogP contribution < -0.4 is 4.74 Å². The van der Waals surface area contributed by atoms with Gasteiger partial charge in [0.15, 0.2) is 5.69 Å². The molecule has 5 N–H and O–H groups in total. The number of fused-ring (bicyclic) bond motifs is 1. The molecule has 0 aliphatic rings. The molecule has 3 aromatic carbocycles. The lowest BCUT2D eigenvalue weighted by Crippen LogP contribution is -2.02. The van der Waals surface area contributed by atoms with Crippen LogP contribution in [0.5, 0.6) is 17.4 Å². The molecule has 0 aliphatic carbocycles. The molecular weight excluding hydrogens is 560 g/mol. The molecule has 4 aromatic rings. The molecule has 17 heteroatoms. The second-order valence-corrected chi connectivity index (χ2v) is 9.04. The normalized spacial score (nSPS) is 11.5. The molecule has 39 heavy (non-hydrogen) atoms. The third-order valence-electron chi connectivity index (χ3n) is 5.21. The zero-order valence-corrected chi connectivity index (χ0v) is 21.5. The SMILES string of the molecule is COc1cc(SOOO)c(C)cc1/N=N/c1c(C(=O)O)nn(-c2cc(SOOO)cc3ccc(O)cc23)c1O. The number of carboxylic acids is 1. The lowest BCUT2D eigenvalue weighted by molar-refractivity contribution is -0.432. The van der Waals surface area contributed by atoms with Gasteiger partial charge in [-0.05, 0) is 54.3 Å². The van der Waals surface area contributed by atoms with Crippen molar-refractivity contribution in [3.05, 3.63) is 53.7 Å². The first-order chi connectivity index (χ1) is 18.8. The summed E-state index contributed by atoms with van der Waals surface area (Å²) in [6.07, 6.45) is 0. The number of ether oxygens (including phenoxy) is 1. The summed E-state index contributed by atoms with van der Waals surface area (Å²) < 4.78 is 15.2. The van der Waals surface area contributed by atoms with Crippen LogP contribution in [0.4, 0.5) is 11.4 Å². The van der Waals surface area contributed by atoms with Crippen LogP contribution in [0.1, 0.15) is 16.1 Å². The number of aromatic hydroxyl groups is 2. The lowest BCUT2D eigenvalue weighted by Gasteiger charge is -2.10. The summed E-state index contributed by atoms with van der Waals surface area (Å²) in [7, 11) is 1.37. The van der Waals surface area contributed by atoms with Gasteiger partial charge in [0.1, 0.15) is 17.2 Å². The van der Waals surface area contributed by atoms with Gasteiger partial charge in [-0.2, -0.15) is 9.78 Å². The maximum Gasteiger partial charge on any atom is 0.358 e. The number of nitrogens with zero attached hydrogens (tertiary/aromatic N) is 4. The van der Waals surface area contributed by atoms with Crippen molar-refractivity contribution in [1.29, 1.82) is 0 Å². The zero-order chi connectivity index (χ0) is 28.1. The standard InChI is InChI=1S/C22H18N4O11S2/c1-10-5-15(17(33-2)9-18(10)39-37-35-32)23-24-19-20(22(29)30)25-26(21(19)28)16-8-13(38-36-34-31)6-11-3-4-12(27)7-14(11)16/h3-9,27-28,31-32H,1-2H3,(H,29,30)/b24-23+. The van der Waals surface area contributed by atoms with Crippen LogP contribution in [0.25, 0.3) is 16.5 Å². The molecule has 15 nitrogen and oxygen atoms in total. The molecule has 0 saturated heterocycles. The Kier molecular flexibility index (Phi) is 8.84. The molecule has 1 aromatic heterocycles. The molecule has 0 atom stereocenters. The summed E-state index contributed by atoms with van der Waals surface area (Å²) >= 11 is 1.34. The van der Waals surface area contributed by atoms with E-state index < -0.39 is 23.2 Å². The maximum absolute atomic E-state index is 12.0. The van der Waals surface area contributed by atoms with E-state index in [1.165, 1.54) is 31.4 Å². The molecule has 0 radical (unpaired) electrons. The summed E-state index contributed by atoms with van der Waals surface area (Å²) in [5.74, 6) is -2.04. The molecule has 4 rings (SSSR count). The van der Waals surface area contributed by atoms with E-state index >= 15 is 0 Å². The van der Waals surface area contributed by atoms with Gasteiger partial charge in [-0.3, -0.25) is 0 Å². The van der Waals surface area contributed by atoms with E-state index in [-0.39, 0.29) is 22.9 Å². The Hall–Kier alpha value is -3.94. The average Bonchev–Trinajstić information content (AvgIpc) is 3.25. The highest BCUT2D eigenvalue weighted by Gasteiger charge is 2.25. The number of benzene rings is 3. The number of rotatable bonds is 11. The fourth-order valence-corrected chi connectivity index (χ4v) is 4.42. The minimum absolute atomic E-state index is 0.0934. The second-order valence-electron chi connectivity index (χ2n) is 7.53. The highest BCUT2D eigenvalue weighted by atomic mass is 32.2. The third kappa shape index (κ3) is 6.05. The number of carbonyl (C=O) groups is 1. The predicted octanol–water partition coefficient (Wildman–Crippen LogP) is 5.72. The minimum Gasteiger partial charge on any atom is -0.508 e. The highest BCUT2D eigenvalue weighted by molar-refractivity contribution is 7.94. The van der Waals surface area contributed by atoms with E-state index in [1.54, 1.807) is 25.1 Å². The number of hydrogen-bond acceptors (Lipinski definition) is 15. The Morgan fingerprint density at radius 1 is 1.00 bits per heavy atom.